The van der Waals surface area contributed by atoms with Gasteiger partial charge in [0.2, 0.25) is 11.8 Å². The zero-order valence-electron chi connectivity index (χ0n) is 27.4. The second-order valence-corrected chi connectivity index (χ2v) is 13.8. The van der Waals surface area contributed by atoms with Gasteiger partial charge in [-0.3, -0.25) is 19.2 Å². The third-order valence-electron chi connectivity index (χ3n) is 9.81. The zero-order valence-corrected chi connectivity index (χ0v) is 28.1. The first-order valence-corrected chi connectivity index (χ1v) is 17.0. The summed E-state index contributed by atoms with van der Waals surface area (Å²) in [6.45, 7) is 5.56. The minimum Gasteiger partial charge on any atom is -0.463 e. The average molecular weight is 676 g/mol. The number of benzene rings is 2. The number of anilines is 1. The van der Waals surface area contributed by atoms with Crippen molar-refractivity contribution < 1.29 is 33.8 Å². The third kappa shape index (κ3) is 6.06. The summed E-state index contributed by atoms with van der Waals surface area (Å²) in [5.74, 6) is -3.69. The molecule has 0 unspecified atom stereocenters. The summed E-state index contributed by atoms with van der Waals surface area (Å²) in [6, 6.07) is 12.0. The van der Waals surface area contributed by atoms with E-state index in [0.717, 1.165) is 11.1 Å². The average Bonchev–Trinajstić information content (AvgIpc) is 3.45. The lowest BCUT2D eigenvalue weighted by molar-refractivity contribution is -0.147. The van der Waals surface area contributed by atoms with Crippen LogP contribution in [0.1, 0.15) is 50.3 Å². The first-order chi connectivity index (χ1) is 23.1. The van der Waals surface area contributed by atoms with Crippen molar-refractivity contribution in [2.24, 2.45) is 17.8 Å². The number of likely N-dealkylation sites (tertiary alicyclic amines) is 1. The maximum absolute atomic E-state index is 14.9. The van der Waals surface area contributed by atoms with Gasteiger partial charge in [0.15, 0.2) is 0 Å². The monoisotopic (exact) mass is 675 g/mol. The highest BCUT2D eigenvalue weighted by Gasteiger charge is 2.72. The van der Waals surface area contributed by atoms with Crippen LogP contribution < -0.4 is 10.2 Å². The number of esters is 1. The number of hydrogen-bond acceptors (Lipinski definition) is 7. The smallest absolute Gasteiger partial charge is 0.306 e. The van der Waals surface area contributed by atoms with E-state index in [2.05, 4.69) is 5.32 Å². The Balaban J connectivity index is 1.48. The minimum absolute atomic E-state index is 0.0828. The number of aryl methyl sites for hydroxylation is 1. The summed E-state index contributed by atoms with van der Waals surface area (Å²) in [5, 5.41) is 14.1. The van der Waals surface area contributed by atoms with Crippen molar-refractivity contribution >= 4 is 41.0 Å². The normalized spacial score (nSPS) is 30.4. The summed E-state index contributed by atoms with van der Waals surface area (Å²) in [5.41, 5.74) is 0.534. The van der Waals surface area contributed by atoms with Crippen LogP contribution >= 0.6 is 11.6 Å². The molecule has 4 aliphatic rings. The molecule has 1 spiro atoms. The number of aliphatic hydroxyl groups excluding tert-OH is 1. The molecule has 0 aliphatic carbocycles. The molecular weight excluding hydrogens is 634 g/mol. The second-order valence-electron chi connectivity index (χ2n) is 13.4. The van der Waals surface area contributed by atoms with Crippen LogP contribution in [0, 0.1) is 24.7 Å². The predicted molar refractivity (Wildman–Crippen MR) is 180 cm³/mol. The molecule has 0 saturated carbocycles. The number of para-hydroxylation sites is 1. The minimum atomic E-state index is -1.52. The highest BCUT2D eigenvalue weighted by atomic mass is 35.5. The molecule has 11 heteroatoms. The van der Waals surface area contributed by atoms with Gasteiger partial charge in [0, 0.05) is 13.0 Å². The molecule has 10 nitrogen and oxygen atoms in total. The number of cyclic esters (lactones) is 1. The van der Waals surface area contributed by atoms with Crippen LogP contribution in [0.2, 0.25) is 5.02 Å². The molecule has 2 aromatic rings. The van der Waals surface area contributed by atoms with Gasteiger partial charge in [0.1, 0.15) is 18.2 Å². The van der Waals surface area contributed by atoms with Crippen LogP contribution in [0.5, 0.6) is 0 Å². The molecule has 254 valence electrons. The lowest BCUT2D eigenvalue weighted by Gasteiger charge is -2.39. The molecule has 0 bridgehead atoms. The van der Waals surface area contributed by atoms with E-state index in [9.17, 15) is 24.3 Å². The molecule has 6 rings (SSSR count). The number of nitrogens with zero attached hydrogens (tertiary/aromatic N) is 2. The Morgan fingerprint density at radius 2 is 1.81 bits per heavy atom. The van der Waals surface area contributed by atoms with Gasteiger partial charge in [-0.25, -0.2) is 0 Å². The number of amides is 3. The van der Waals surface area contributed by atoms with E-state index in [1.165, 1.54) is 4.90 Å². The van der Waals surface area contributed by atoms with Crippen molar-refractivity contribution in [2.45, 2.75) is 69.9 Å². The fourth-order valence-corrected chi connectivity index (χ4v) is 8.08. The number of carbonyl (C=O) groups is 4. The molecule has 2 N–H and O–H groups in total. The molecule has 0 radical (unpaired) electrons. The Bertz CT molecular complexity index is 1610. The Morgan fingerprint density at radius 3 is 2.52 bits per heavy atom. The van der Waals surface area contributed by atoms with E-state index in [-0.39, 0.29) is 32.1 Å². The van der Waals surface area contributed by atoms with Gasteiger partial charge in [-0.05, 0) is 42.9 Å². The van der Waals surface area contributed by atoms with Crippen LogP contribution in [0.25, 0.3) is 0 Å². The number of hydrogen-bond donors (Lipinski definition) is 2. The molecule has 48 heavy (non-hydrogen) atoms. The van der Waals surface area contributed by atoms with E-state index < -0.39 is 65.4 Å². The van der Waals surface area contributed by atoms with E-state index in [1.807, 2.05) is 63.2 Å². The molecule has 2 aromatic carbocycles. The molecule has 0 aromatic heterocycles. The molecule has 4 aliphatic heterocycles. The largest absolute Gasteiger partial charge is 0.463 e. The number of fused-ring (bicyclic) bond motifs is 2. The summed E-state index contributed by atoms with van der Waals surface area (Å²) in [7, 11) is 0. The van der Waals surface area contributed by atoms with Crippen LogP contribution in [-0.2, 0) is 28.7 Å². The molecule has 2 saturated heterocycles. The Labute approximate surface area is 285 Å². The SMILES string of the molecule is Cc1cccc(Cl)c1N1CC=C[C@@]23O[C@H]4/C=C\CCC(=O)OC[C@H](c5ccccc5)NC(=O)[C@H]4[C@@H]2C(=O)N([C@@H](CO)CC(C)C)[C@H]3C1=O. The highest BCUT2D eigenvalue weighted by molar-refractivity contribution is 6.34. The quantitative estimate of drug-likeness (QED) is 0.346. The van der Waals surface area contributed by atoms with Gasteiger partial charge < -0.3 is 29.7 Å². The first-order valence-electron chi connectivity index (χ1n) is 16.6. The topological polar surface area (TPSA) is 125 Å². The number of nitrogens with one attached hydrogen (secondary N) is 1. The van der Waals surface area contributed by atoms with Gasteiger partial charge >= 0.3 is 5.97 Å². The molecule has 7 atom stereocenters. The fraction of sp³-hybridized carbons (Fsp3) is 0.459. The maximum Gasteiger partial charge on any atom is 0.306 e. The van der Waals surface area contributed by atoms with E-state index in [0.29, 0.717) is 23.6 Å². The number of aliphatic hydroxyl groups is 1. The second kappa shape index (κ2) is 13.9. The molecule has 3 amide bonds. The Kier molecular flexibility index (Phi) is 9.79. The van der Waals surface area contributed by atoms with Crippen LogP contribution in [-0.4, -0.2) is 77.2 Å². The van der Waals surface area contributed by atoms with Crippen LogP contribution in [0.15, 0.2) is 72.8 Å². The Morgan fingerprint density at radius 1 is 1.04 bits per heavy atom. The van der Waals surface area contributed by atoms with Crippen molar-refractivity contribution in [1.82, 2.24) is 10.2 Å². The van der Waals surface area contributed by atoms with E-state index >= 15 is 0 Å². The predicted octanol–water partition coefficient (Wildman–Crippen LogP) is 4.29. The van der Waals surface area contributed by atoms with Gasteiger partial charge in [-0.2, -0.15) is 0 Å². The van der Waals surface area contributed by atoms with Gasteiger partial charge in [0.05, 0.1) is 47.3 Å². The highest BCUT2D eigenvalue weighted by Crippen LogP contribution is 2.54. The fourth-order valence-electron chi connectivity index (χ4n) is 7.76. The lowest BCUT2D eigenvalue weighted by atomic mass is 9.77. The van der Waals surface area contributed by atoms with Crippen molar-refractivity contribution in [1.29, 1.82) is 0 Å². The lowest BCUT2D eigenvalue weighted by Crippen LogP contribution is -2.58. The first kappa shape index (κ1) is 33.9. The zero-order chi connectivity index (χ0) is 34.2. The van der Waals surface area contributed by atoms with Gasteiger partial charge in [-0.1, -0.05) is 92.2 Å². The van der Waals surface area contributed by atoms with E-state index in [1.54, 1.807) is 35.3 Å². The van der Waals surface area contributed by atoms with Crippen molar-refractivity contribution in [2.75, 3.05) is 24.7 Å². The van der Waals surface area contributed by atoms with Gasteiger partial charge in [0.25, 0.3) is 5.91 Å². The number of halogens is 1. The number of allylic oxidation sites excluding steroid dienone is 1. The third-order valence-corrected chi connectivity index (χ3v) is 10.1. The van der Waals surface area contributed by atoms with Crippen molar-refractivity contribution in [3.05, 3.63) is 89.0 Å². The molecule has 4 heterocycles. The maximum atomic E-state index is 14.9. The van der Waals surface area contributed by atoms with Crippen molar-refractivity contribution in [3.63, 3.8) is 0 Å². The standard InChI is InChI=1S/C37H42ClN3O7/c1-22(2)19-25(20-42)41-33-36(46)40(32-23(3)11-9-14-26(32)38)18-10-17-37(33)31(35(41)45)30-28(48-37)15-7-8-16-29(43)47-21-27(39-34(30)44)24-12-5-4-6-13-24/h4-7,9-15,17,22,25,27-28,30-31,33,42H,8,16,18-21H2,1-3H3,(H,39,44)/b15-7-/t25-,27-,28+,30-,31-,33+,37-/m1/s1. The Hall–Kier alpha value is -3.99. The van der Waals surface area contributed by atoms with Gasteiger partial charge in [-0.15, -0.1) is 0 Å². The van der Waals surface area contributed by atoms with Crippen molar-refractivity contribution in [3.8, 4) is 0 Å². The number of carbonyl (C=O) groups excluding carboxylic acids is 4. The summed E-state index contributed by atoms with van der Waals surface area (Å²) in [4.78, 5) is 59.8. The van der Waals surface area contributed by atoms with E-state index in [4.69, 9.17) is 21.1 Å². The van der Waals surface area contributed by atoms with Crippen LogP contribution in [0.3, 0.4) is 0 Å². The summed E-state index contributed by atoms with van der Waals surface area (Å²) < 4.78 is 12.4. The molecule has 2 fully saturated rings. The summed E-state index contributed by atoms with van der Waals surface area (Å²) in [6.07, 6.45) is 7.08. The van der Waals surface area contributed by atoms with Crippen LogP contribution in [0.4, 0.5) is 5.69 Å². The molecular formula is C37H42ClN3O7. The number of rotatable bonds is 6. The number of ether oxygens (including phenoxy) is 2. The summed E-state index contributed by atoms with van der Waals surface area (Å²) >= 11 is 6.68.